The Labute approximate surface area is 142 Å². The van der Waals surface area contributed by atoms with Crippen molar-refractivity contribution >= 4 is 10.2 Å². The van der Waals surface area contributed by atoms with E-state index in [0.717, 1.165) is 30.7 Å². The molecule has 0 amide bonds. The number of hydrogen-bond donors (Lipinski definition) is 2. The highest BCUT2D eigenvalue weighted by atomic mass is 32.2. The van der Waals surface area contributed by atoms with Crippen LogP contribution in [0.2, 0.25) is 0 Å². The van der Waals surface area contributed by atoms with Gasteiger partial charge in [0, 0.05) is 31.1 Å². The Morgan fingerprint density at radius 2 is 2.12 bits per heavy atom. The minimum atomic E-state index is -3.41. The van der Waals surface area contributed by atoms with Crippen molar-refractivity contribution in [3.8, 4) is 11.4 Å². The van der Waals surface area contributed by atoms with Gasteiger partial charge in [-0.3, -0.25) is 5.10 Å². The van der Waals surface area contributed by atoms with E-state index in [2.05, 4.69) is 19.9 Å². The molecule has 1 aromatic heterocycles. The number of aromatic nitrogens is 3. The van der Waals surface area contributed by atoms with Gasteiger partial charge in [0.15, 0.2) is 5.82 Å². The number of piperidine rings is 1. The number of aromatic amines is 1. The number of rotatable bonds is 6. The Balaban J connectivity index is 1.73. The van der Waals surface area contributed by atoms with E-state index in [1.54, 1.807) is 0 Å². The highest BCUT2D eigenvalue weighted by Gasteiger charge is 2.30. The van der Waals surface area contributed by atoms with Crippen molar-refractivity contribution in [1.82, 2.24) is 24.2 Å². The van der Waals surface area contributed by atoms with Gasteiger partial charge < -0.3 is 0 Å². The van der Waals surface area contributed by atoms with Crippen LogP contribution in [-0.2, 0) is 10.2 Å². The third-order valence-electron chi connectivity index (χ3n) is 4.18. The molecule has 1 aromatic carbocycles. The Morgan fingerprint density at radius 1 is 1.33 bits per heavy atom. The highest BCUT2D eigenvalue weighted by Crippen LogP contribution is 2.27. The van der Waals surface area contributed by atoms with Gasteiger partial charge in [-0.25, -0.2) is 9.71 Å². The van der Waals surface area contributed by atoms with Crippen LogP contribution < -0.4 is 4.72 Å². The molecule has 130 valence electrons. The molecule has 7 nitrogen and oxygen atoms in total. The fourth-order valence-corrected chi connectivity index (χ4v) is 4.27. The fourth-order valence-electron chi connectivity index (χ4n) is 2.88. The lowest BCUT2D eigenvalue weighted by Crippen LogP contribution is -2.45. The summed E-state index contributed by atoms with van der Waals surface area (Å²) >= 11 is 0. The predicted molar refractivity (Wildman–Crippen MR) is 92.6 cm³/mol. The van der Waals surface area contributed by atoms with Gasteiger partial charge in [-0.2, -0.15) is 17.8 Å². The molecular formula is C16H23N5O2S. The van der Waals surface area contributed by atoms with Crippen LogP contribution in [0.4, 0.5) is 0 Å². The van der Waals surface area contributed by atoms with E-state index >= 15 is 0 Å². The predicted octanol–water partition coefficient (Wildman–Crippen LogP) is 1.90. The summed E-state index contributed by atoms with van der Waals surface area (Å²) < 4.78 is 28.8. The monoisotopic (exact) mass is 349 g/mol. The molecule has 2 heterocycles. The molecule has 2 aromatic rings. The van der Waals surface area contributed by atoms with Gasteiger partial charge in [0.25, 0.3) is 10.2 Å². The second-order valence-corrected chi connectivity index (χ2v) is 7.76. The molecule has 8 heteroatoms. The van der Waals surface area contributed by atoms with Crippen molar-refractivity contribution < 1.29 is 8.42 Å². The zero-order valence-electron chi connectivity index (χ0n) is 13.8. The molecule has 0 bridgehead atoms. The zero-order valence-corrected chi connectivity index (χ0v) is 14.6. The van der Waals surface area contributed by atoms with Crippen LogP contribution >= 0.6 is 0 Å². The Bertz CT molecular complexity index is 760. The summed E-state index contributed by atoms with van der Waals surface area (Å²) in [6, 6.07) is 9.75. The minimum Gasteiger partial charge on any atom is -0.262 e. The molecule has 2 N–H and O–H groups in total. The summed E-state index contributed by atoms with van der Waals surface area (Å²) in [6.07, 6.45) is 2.50. The molecule has 3 rings (SSSR count). The summed E-state index contributed by atoms with van der Waals surface area (Å²) in [6.45, 7) is 3.39. The normalized spacial score (nSPS) is 19.5. The number of hydrogen-bond acceptors (Lipinski definition) is 4. The first-order chi connectivity index (χ1) is 11.6. The van der Waals surface area contributed by atoms with Crippen molar-refractivity contribution in [2.24, 2.45) is 0 Å². The third kappa shape index (κ3) is 3.82. The molecule has 0 radical (unpaired) electrons. The number of benzene rings is 1. The fraction of sp³-hybridized carbons (Fsp3) is 0.500. The van der Waals surface area contributed by atoms with Crippen molar-refractivity contribution in [3.05, 3.63) is 36.2 Å². The molecule has 1 atom stereocenters. The largest absolute Gasteiger partial charge is 0.279 e. The maximum atomic E-state index is 12.3. The average molecular weight is 349 g/mol. The van der Waals surface area contributed by atoms with Gasteiger partial charge in [-0.1, -0.05) is 37.3 Å². The quantitative estimate of drug-likeness (QED) is 0.833. The van der Waals surface area contributed by atoms with Gasteiger partial charge in [0.05, 0.1) is 0 Å². The van der Waals surface area contributed by atoms with Gasteiger partial charge in [0.1, 0.15) is 5.82 Å². The second kappa shape index (κ2) is 7.42. The Morgan fingerprint density at radius 3 is 2.88 bits per heavy atom. The van der Waals surface area contributed by atoms with Crippen molar-refractivity contribution in [1.29, 1.82) is 0 Å². The summed E-state index contributed by atoms with van der Waals surface area (Å²) in [7, 11) is -3.41. The number of H-pyrrole nitrogens is 1. The standard InChI is InChI=1S/C16H23N5O2S/c1-2-10-17-24(22,23)21-11-6-9-14(12-21)16-18-15(19-20-16)13-7-4-3-5-8-13/h3-5,7-8,14,17H,2,6,9-12H2,1H3,(H,18,19,20). The molecule has 1 aliphatic rings. The molecule has 1 fully saturated rings. The summed E-state index contributed by atoms with van der Waals surface area (Å²) in [5, 5.41) is 7.26. The Kier molecular flexibility index (Phi) is 5.27. The van der Waals surface area contributed by atoms with Crippen LogP contribution in [0.3, 0.4) is 0 Å². The number of nitrogens with one attached hydrogen (secondary N) is 2. The molecule has 0 saturated carbocycles. The van der Waals surface area contributed by atoms with Gasteiger partial charge in [0.2, 0.25) is 0 Å². The maximum Gasteiger partial charge on any atom is 0.279 e. The molecule has 1 saturated heterocycles. The van der Waals surface area contributed by atoms with Gasteiger partial charge in [-0.15, -0.1) is 0 Å². The lowest BCUT2D eigenvalue weighted by Gasteiger charge is -2.30. The van der Waals surface area contributed by atoms with Gasteiger partial charge in [-0.05, 0) is 19.3 Å². The van der Waals surface area contributed by atoms with Crippen LogP contribution in [0, 0.1) is 0 Å². The maximum absolute atomic E-state index is 12.3. The topological polar surface area (TPSA) is 91.0 Å². The van der Waals surface area contributed by atoms with Crippen molar-refractivity contribution in [2.45, 2.75) is 32.1 Å². The minimum absolute atomic E-state index is 0.0434. The van der Waals surface area contributed by atoms with E-state index in [9.17, 15) is 8.42 Å². The first-order valence-corrected chi connectivity index (χ1v) is 9.76. The Hall–Kier alpha value is -1.77. The van der Waals surface area contributed by atoms with Crippen LogP contribution in [0.25, 0.3) is 11.4 Å². The summed E-state index contributed by atoms with van der Waals surface area (Å²) in [4.78, 5) is 4.57. The highest BCUT2D eigenvalue weighted by molar-refractivity contribution is 7.87. The van der Waals surface area contributed by atoms with E-state index in [1.807, 2.05) is 37.3 Å². The molecule has 24 heavy (non-hydrogen) atoms. The van der Waals surface area contributed by atoms with E-state index in [-0.39, 0.29) is 5.92 Å². The molecule has 0 aliphatic carbocycles. The molecule has 0 spiro atoms. The van der Waals surface area contributed by atoms with E-state index in [1.165, 1.54) is 4.31 Å². The molecular weight excluding hydrogens is 326 g/mol. The third-order valence-corrected chi connectivity index (χ3v) is 5.76. The molecule has 1 aliphatic heterocycles. The van der Waals surface area contributed by atoms with E-state index < -0.39 is 10.2 Å². The zero-order chi connectivity index (χ0) is 17.0. The van der Waals surface area contributed by atoms with E-state index in [0.29, 0.717) is 25.5 Å². The lowest BCUT2D eigenvalue weighted by atomic mass is 9.99. The second-order valence-electron chi connectivity index (χ2n) is 6.01. The molecule has 1 unspecified atom stereocenters. The average Bonchev–Trinajstić information content (AvgIpc) is 3.11. The van der Waals surface area contributed by atoms with Crippen molar-refractivity contribution in [3.63, 3.8) is 0 Å². The van der Waals surface area contributed by atoms with Crippen LogP contribution in [0.1, 0.15) is 37.9 Å². The smallest absolute Gasteiger partial charge is 0.262 e. The lowest BCUT2D eigenvalue weighted by molar-refractivity contribution is 0.306. The summed E-state index contributed by atoms with van der Waals surface area (Å²) in [5.41, 5.74) is 0.949. The van der Waals surface area contributed by atoms with Crippen LogP contribution in [0.15, 0.2) is 30.3 Å². The number of nitrogens with zero attached hydrogens (tertiary/aromatic N) is 3. The van der Waals surface area contributed by atoms with Crippen LogP contribution in [-0.4, -0.2) is 47.5 Å². The van der Waals surface area contributed by atoms with Crippen LogP contribution in [0.5, 0.6) is 0 Å². The van der Waals surface area contributed by atoms with Crippen molar-refractivity contribution in [2.75, 3.05) is 19.6 Å². The first-order valence-electron chi connectivity index (χ1n) is 8.32. The SMILES string of the molecule is CCCNS(=O)(=O)N1CCCC(c2nc(-c3ccccc3)n[nH]2)C1. The van der Waals surface area contributed by atoms with E-state index in [4.69, 9.17) is 0 Å². The van der Waals surface area contributed by atoms with Gasteiger partial charge >= 0.3 is 0 Å². The first kappa shape index (κ1) is 17.1. The summed E-state index contributed by atoms with van der Waals surface area (Å²) in [5.74, 6) is 1.45.